The number of halogens is 3. The van der Waals surface area contributed by atoms with Gasteiger partial charge in [0.2, 0.25) is 0 Å². The Morgan fingerprint density at radius 1 is 1.42 bits per heavy atom. The fourth-order valence-electron chi connectivity index (χ4n) is 1.82. The molecule has 0 radical (unpaired) electrons. The van der Waals surface area contributed by atoms with Gasteiger partial charge in [0.25, 0.3) is 0 Å². The van der Waals surface area contributed by atoms with E-state index in [0.717, 1.165) is 6.92 Å². The number of hydrogen-bond donors (Lipinski definition) is 2. The summed E-state index contributed by atoms with van der Waals surface area (Å²) in [4.78, 5) is 21.8. The second-order valence-corrected chi connectivity index (χ2v) is 4.18. The first-order chi connectivity index (χ1) is 8.61. The zero-order valence-corrected chi connectivity index (χ0v) is 10.2. The minimum atomic E-state index is -5.05. The third-order valence-electron chi connectivity index (χ3n) is 2.56. The molecule has 9 heteroatoms. The summed E-state index contributed by atoms with van der Waals surface area (Å²) in [6.45, 7) is 2.50. The van der Waals surface area contributed by atoms with Crippen molar-refractivity contribution in [1.82, 2.24) is 5.32 Å². The van der Waals surface area contributed by atoms with Crippen molar-refractivity contribution in [2.75, 3.05) is 0 Å². The van der Waals surface area contributed by atoms with E-state index in [-0.39, 0.29) is 6.42 Å². The summed E-state index contributed by atoms with van der Waals surface area (Å²) in [5, 5.41) is 11.0. The molecule has 1 aliphatic rings. The zero-order chi connectivity index (χ0) is 14.8. The molecule has 1 heterocycles. The van der Waals surface area contributed by atoms with Crippen molar-refractivity contribution in [3.63, 3.8) is 0 Å². The Hall–Kier alpha value is -1.35. The lowest BCUT2D eigenvalue weighted by atomic mass is 9.99. The molecule has 0 aromatic heterocycles. The molecule has 1 saturated heterocycles. The van der Waals surface area contributed by atoms with Crippen molar-refractivity contribution < 1.29 is 37.3 Å². The first-order valence-corrected chi connectivity index (χ1v) is 5.49. The van der Waals surface area contributed by atoms with Crippen molar-refractivity contribution in [2.24, 2.45) is 0 Å². The van der Waals surface area contributed by atoms with Gasteiger partial charge < -0.3 is 19.9 Å². The van der Waals surface area contributed by atoms with E-state index in [9.17, 15) is 27.9 Å². The Labute approximate surface area is 106 Å². The average Bonchev–Trinajstić information content (AvgIpc) is 2.21. The third kappa shape index (κ3) is 4.35. The van der Waals surface area contributed by atoms with Crippen molar-refractivity contribution in [1.29, 1.82) is 0 Å². The summed E-state index contributed by atoms with van der Waals surface area (Å²) in [6, 6.07) is -1.17. The molecule has 0 bridgehead atoms. The first-order valence-electron chi connectivity index (χ1n) is 5.49. The van der Waals surface area contributed by atoms with Crippen LogP contribution in [0.25, 0.3) is 0 Å². The molecule has 1 fully saturated rings. The predicted molar refractivity (Wildman–Crippen MR) is 54.7 cm³/mol. The number of aliphatic hydroxyl groups is 1. The van der Waals surface area contributed by atoms with Crippen LogP contribution < -0.4 is 5.32 Å². The van der Waals surface area contributed by atoms with Crippen LogP contribution in [-0.2, 0) is 19.1 Å². The molecule has 110 valence electrons. The Bertz CT molecular complexity index is 360. The quantitative estimate of drug-likeness (QED) is 0.703. The Morgan fingerprint density at radius 2 is 2.00 bits per heavy atom. The van der Waals surface area contributed by atoms with Crippen LogP contribution in [0, 0.1) is 0 Å². The number of nitrogens with one attached hydrogen (secondary N) is 1. The Kier molecular flexibility index (Phi) is 4.75. The van der Waals surface area contributed by atoms with Crippen LogP contribution >= 0.6 is 0 Å². The van der Waals surface area contributed by atoms with Gasteiger partial charge in [-0.25, -0.2) is 0 Å². The second kappa shape index (κ2) is 5.74. The average molecular weight is 285 g/mol. The fraction of sp³-hybridized carbons (Fsp3) is 0.800. The number of rotatable bonds is 2. The Balaban J connectivity index is 2.79. The van der Waals surface area contributed by atoms with Crippen molar-refractivity contribution >= 4 is 11.9 Å². The van der Waals surface area contributed by atoms with Gasteiger partial charge in [-0.2, -0.15) is 13.2 Å². The van der Waals surface area contributed by atoms with E-state index >= 15 is 0 Å². The molecular formula is C10H14F3NO5. The fourth-order valence-corrected chi connectivity index (χ4v) is 1.82. The predicted octanol–water partition coefficient (Wildman–Crippen LogP) is 0.0924. The molecule has 0 aliphatic carbocycles. The summed E-state index contributed by atoms with van der Waals surface area (Å²) in [7, 11) is 0. The van der Waals surface area contributed by atoms with E-state index in [1.54, 1.807) is 5.32 Å². The lowest BCUT2D eigenvalue weighted by molar-refractivity contribution is -0.217. The van der Waals surface area contributed by atoms with E-state index in [1.165, 1.54) is 6.92 Å². The summed E-state index contributed by atoms with van der Waals surface area (Å²) < 4.78 is 46.3. The lowest BCUT2D eigenvalue weighted by Gasteiger charge is -2.38. The van der Waals surface area contributed by atoms with Crippen LogP contribution in [0.2, 0.25) is 0 Å². The number of amides is 1. The van der Waals surface area contributed by atoms with Gasteiger partial charge in [0.1, 0.15) is 6.10 Å². The number of carbonyl (C=O) groups is 2. The van der Waals surface area contributed by atoms with E-state index in [4.69, 9.17) is 9.47 Å². The highest BCUT2D eigenvalue weighted by Crippen LogP contribution is 2.23. The molecule has 4 atom stereocenters. The van der Waals surface area contributed by atoms with Gasteiger partial charge in [0, 0.05) is 13.3 Å². The standard InChI is InChI=1S/C10H14F3NO5/c1-4-8(19-5(2)15)6(3-7(16)18-4)14-9(17)10(11,12)13/h4,6-8,16H,3H2,1-2H3,(H,14,17)/t4-,6+,7-,8+/m0/s1. The molecule has 0 aromatic carbocycles. The molecule has 0 spiro atoms. The highest BCUT2D eigenvalue weighted by molar-refractivity contribution is 5.82. The minimum Gasteiger partial charge on any atom is -0.458 e. The smallest absolute Gasteiger partial charge is 0.458 e. The largest absolute Gasteiger partial charge is 0.471 e. The maximum atomic E-state index is 12.2. The van der Waals surface area contributed by atoms with E-state index in [0.29, 0.717) is 0 Å². The number of hydrogen-bond acceptors (Lipinski definition) is 5. The highest BCUT2D eigenvalue weighted by atomic mass is 19.4. The first kappa shape index (κ1) is 15.7. The van der Waals surface area contributed by atoms with Crippen molar-refractivity contribution in [3.8, 4) is 0 Å². The maximum absolute atomic E-state index is 12.2. The minimum absolute atomic E-state index is 0.301. The topological polar surface area (TPSA) is 84.9 Å². The van der Waals surface area contributed by atoms with Gasteiger partial charge in [-0.3, -0.25) is 9.59 Å². The van der Waals surface area contributed by atoms with E-state index in [2.05, 4.69) is 0 Å². The van der Waals surface area contributed by atoms with Gasteiger partial charge >= 0.3 is 18.1 Å². The molecule has 1 amide bonds. The summed E-state index contributed by atoms with van der Waals surface area (Å²) in [6.07, 6.45) is -8.61. The van der Waals surface area contributed by atoms with E-state index in [1.807, 2.05) is 0 Å². The molecule has 2 N–H and O–H groups in total. The number of alkyl halides is 3. The lowest BCUT2D eigenvalue weighted by Crippen LogP contribution is -2.58. The van der Waals surface area contributed by atoms with Crippen LogP contribution in [0.4, 0.5) is 13.2 Å². The summed E-state index contributed by atoms with van der Waals surface area (Å²) >= 11 is 0. The van der Waals surface area contributed by atoms with Gasteiger partial charge in [-0.15, -0.1) is 0 Å². The van der Waals surface area contributed by atoms with Crippen LogP contribution in [0.15, 0.2) is 0 Å². The van der Waals surface area contributed by atoms with Crippen LogP contribution in [0.3, 0.4) is 0 Å². The van der Waals surface area contributed by atoms with Gasteiger partial charge in [-0.1, -0.05) is 0 Å². The third-order valence-corrected chi connectivity index (χ3v) is 2.56. The van der Waals surface area contributed by atoms with Crippen LogP contribution in [0.1, 0.15) is 20.3 Å². The molecule has 0 aromatic rings. The van der Waals surface area contributed by atoms with Gasteiger partial charge in [0.05, 0.1) is 12.1 Å². The number of ether oxygens (including phenoxy) is 2. The molecule has 0 saturated carbocycles. The molecule has 1 rings (SSSR count). The highest BCUT2D eigenvalue weighted by Gasteiger charge is 2.45. The summed E-state index contributed by atoms with van der Waals surface area (Å²) in [5.41, 5.74) is 0. The van der Waals surface area contributed by atoms with E-state index < -0.39 is 42.6 Å². The van der Waals surface area contributed by atoms with Gasteiger partial charge in [-0.05, 0) is 6.92 Å². The number of carbonyl (C=O) groups excluding carboxylic acids is 2. The zero-order valence-electron chi connectivity index (χ0n) is 10.2. The van der Waals surface area contributed by atoms with Crippen molar-refractivity contribution in [3.05, 3.63) is 0 Å². The molecule has 1 aliphatic heterocycles. The monoisotopic (exact) mass is 285 g/mol. The molecular weight excluding hydrogens is 271 g/mol. The molecule has 0 unspecified atom stereocenters. The number of esters is 1. The number of aliphatic hydroxyl groups excluding tert-OH is 1. The van der Waals surface area contributed by atoms with Crippen molar-refractivity contribution in [2.45, 2.75) is 51.0 Å². The second-order valence-electron chi connectivity index (χ2n) is 4.18. The maximum Gasteiger partial charge on any atom is 0.471 e. The van der Waals surface area contributed by atoms with Gasteiger partial charge in [0.15, 0.2) is 6.29 Å². The van der Waals surface area contributed by atoms with Crippen LogP contribution in [-0.4, -0.2) is 47.7 Å². The SMILES string of the molecule is CC(=O)O[C@@H]1[C@H](C)O[C@H](O)C[C@H]1NC(=O)C(F)(F)F. The molecule has 19 heavy (non-hydrogen) atoms. The Morgan fingerprint density at radius 3 is 2.47 bits per heavy atom. The van der Waals surface area contributed by atoms with Crippen LogP contribution in [0.5, 0.6) is 0 Å². The molecule has 6 nitrogen and oxygen atoms in total. The normalized spacial score (nSPS) is 31.7. The summed E-state index contributed by atoms with van der Waals surface area (Å²) in [5.74, 6) is -2.88.